The molecule has 68 valence electrons. The van der Waals surface area contributed by atoms with Crippen LogP contribution in [0.15, 0.2) is 18.2 Å². The standard InChI is InChI=1S/C9H10BFO2/c1-12-4-5-13-9-3-2-7(10)6-8(9)11/h2-3,6H,4-5H2,1H3. The lowest BCUT2D eigenvalue weighted by atomic mass is 9.96. The van der Waals surface area contributed by atoms with Crippen molar-refractivity contribution in [1.29, 1.82) is 0 Å². The molecule has 0 spiro atoms. The lowest BCUT2D eigenvalue weighted by Crippen LogP contribution is -2.08. The highest BCUT2D eigenvalue weighted by Gasteiger charge is 2.01. The van der Waals surface area contributed by atoms with Gasteiger partial charge in [0.25, 0.3) is 0 Å². The zero-order valence-electron chi connectivity index (χ0n) is 7.42. The first-order chi connectivity index (χ1) is 6.24. The van der Waals surface area contributed by atoms with Gasteiger partial charge in [-0.1, -0.05) is 11.5 Å². The van der Waals surface area contributed by atoms with Crippen molar-refractivity contribution in [1.82, 2.24) is 0 Å². The van der Waals surface area contributed by atoms with E-state index in [9.17, 15) is 4.39 Å². The molecule has 0 aliphatic rings. The maximum Gasteiger partial charge on any atom is 0.164 e. The molecule has 0 N–H and O–H groups in total. The molecule has 0 amide bonds. The zero-order valence-corrected chi connectivity index (χ0v) is 7.42. The summed E-state index contributed by atoms with van der Waals surface area (Å²) < 4.78 is 22.9. The van der Waals surface area contributed by atoms with Crippen LogP contribution in [0.3, 0.4) is 0 Å². The van der Waals surface area contributed by atoms with E-state index in [-0.39, 0.29) is 5.75 Å². The summed E-state index contributed by atoms with van der Waals surface area (Å²) in [6, 6.07) is 4.31. The largest absolute Gasteiger partial charge is 0.488 e. The van der Waals surface area contributed by atoms with Crippen molar-refractivity contribution in [3.05, 3.63) is 24.0 Å². The molecule has 13 heavy (non-hydrogen) atoms. The number of methoxy groups -OCH3 is 1. The SMILES string of the molecule is [B]c1ccc(OCCOC)c(F)c1. The average Bonchev–Trinajstić information content (AvgIpc) is 2.09. The summed E-state index contributed by atoms with van der Waals surface area (Å²) in [4.78, 5) is 0. The third-order valence-corrected chi connectivity index (χ3v) is 1.50. The fourth-order valence-electron chi connectivity index (χ4n) is 0.869. The highest BCUT2D eigenvalue weighted by Crippen LogP contribution is 2.13. The minimum absolute atomic E-state index is 0.200. The van der Waals surface area contributed by atoms with Crippen LogP contribution < -0.4 is 10.2 Å². The van der Waals surface area contributed by atoms with Gasteiger partial charge < -0.3 is 9.47 Å². The highest BCUT2D eigenvalue weighted by molar-refractivity contribution is 6.32. The van der Waals surface area contributed by atoms with Gasteiger partial charge >= 0.3 is 0 Å². The molecule has 0 unspecified atom stereocenters. The van der Waals surface area contributed by atoms with Crippen molar-refractivity contribution in [2.75, 3.05) is 20.3 Å². The van der Waals surface area contributed by atoms with Crippen LogP contribution in [0.1, 0.15) is 0 Å². The van der Waals surface area contributed by atoms with Crippen LogP contribution in [0.25, 0.3) is 0 Å². The third-order valence-electron chi connectivity index (χ3n) is 1.50. The average molecular weight is 180 g/mol. The normalized spacial score (nSPS) is 10.0. The Morgan fingerprint density at radius 1 is 1.38 bits per heavy atom. The number of hydrogen-bond donors (Lipinski definition) is 0. The molecule has 0 heterocycles. The van der Waals surface area contributed by atoms with E-state index in [1.165, 1.54) is 12.1 Å². The van der Waals surface area contributed by atoms with Gasteiger partial charge in [-0.25, -0.2) is 4.39 Å². The number of benzene rings is 1. The minimum Gasteiger partial charge on any atom is -0.488 e. The maximum absolute atomic E-state index is 13.0. The molecule has 0 fully saturated rings. The van der Waals surface area contributed by atoms with Crippen molar-refractivity contribution < 1.29 is 13.9 Å². The van der Waals surface area contributed by atoms with E-state index in [1.807, 2.05) is 0 Å². The molecule has 0 bridgehead atoms. The number of rotatable bonds is 4. The van der Waals surface area contributed by atoms with Gasteiger partial charge in [-0.2, -0.15) is 0 Å². The molecule has 0 aliphatic heterocycles. The van der Waals surface area contributed by atoms with Gasteiger partial charge in [-0.05, 0) is 12.1 Å². The molecule has 0 saturated heterocycles. The van der Waals surface area contributed by atoms with Gasteiger partial charge in [0, 0.05) is 7.11 Å². The Kier molecular flexibility index (Phi) is 3.77. The van der Waals surface area contributed by atoms with E-state index in [0.717, 1.165) is 0 Å². The number of hydrogen-bond acceptors (Lipinski definition) is 2. The Labute approximate surface area is 78.1 Å². The van der Waals surface area contributed by atoms with E-state index in [4.69, 9.17) is 17.3 Å². The predicted molar refractivity (Wildman–Crippen MR) is 49.2 cm³/mol. The van der Waals surface area contributed by atoms with Gasteiger partial charge in [0.05, 0.1) is 6.61 Å². The van der Waals surface area contributed by atoms with E-state index in [0.29, 0.717) is 18.7 Å². The van der Waals surface area contributed by atoms with Crippen LogP contribution in [-0.4, -0.2) is 28.2 Å². The van der Waals surface area contributed by atoms with Crippen LogP contribution in [-0.2, 0) is 4.74 Å². The zero-order chi connectivity index (χ0) is 9.68. The second-order valence-corrected chi connectivity index (χ2v) is 2.53. The first-order valence-corrected chi connectivity index (χ1v) is 3.91. The fourth-order valence-corrected chi connectivity index (χ4v) is 0.869. The van der Waals surface area contributed by atoms with Crippen molar-refractivity contribution in [2.24, 2.45) is 0 Å². The van der Waals surface area contributed by atoms with Crippen LogP contribution in [0.5, 0.6) is 5.75 Å². The quantitative estimate of drug-likeness (QED) is 0.500. The summed E-state index contributed by atoms with van der Waals surface area (Å²) in [7, 11) is 6.92. The van der Waals surface area contributed by atoms with Gasteiger partial charge in [0.1, 0.15) is 14.5 Å². The van der Waals surface area contributed by atoms with Gasteiger partial charge in [-0.15, -0.1) is 0 Å². The lowest BCUT2D eigenvalue weighted by Gasteiger charge is -2.06. The first kappa shape index (κ1) is 10.1. The van der Waals surface area contributed by atoms with Crippen LogP contribution >= 0.6 is 0 Å². The molecular weight excluding hydrogens is 170 g/mol. The van der Waals surface area contributed by atoms with E-state index in [2.05, 4.69) is 0 Å². The summed E-state index contributed by atoms with van der Waals surface area (Å²) in [6.07, 6.45) is 0. The summed E-state index contributed by atoms with van der Waals surface area (Å²) in [5.41, 5.74) is 0.386. The van der Waals surface area contributed by atoms with Crippen LogP contribution in [0.2, 0.25) is 0 Å². The molecular formula is C9H10BFO2. The molecule has 0 aromatic heterocycles. The van der Waals surface area contributed by atoms with Crippen LogP contribution in [0.4, 0.5) is 4.39 Å². The highest BCUT2D eigenvalue weighted by atomic mass is 19.1. The van der Waals surface area contributed by atoms with Crippen molar-refractivity contribution in [3.63, 3.8) is 0 Å². The van der Waals surface area contributed by atoms with Gasteiger partial charge in [0.2, 0.25) is 0 Å². The summed E-state index contributed by atoms with van der Waals surface area (Å²) in [5.74, 6) is -0.248. The minimum atomic E-state index is -0.448. The first-order valence-electron chi connectivity index (χ1n) is 3.91. The summed E-state index contributed by atoms with van der Waals surface area (Å²) in [5, 5.41) is 0. The van der Waals surface area contributed by atoms with Crippen molar-refractivity contribution in [2.45, 2.75) is 0 Å². The second-order valence-electron chi connectivity index (χ2n) is 2.53. The molecule has 1 aromatic carbocycles. The van der Waals surface area contributed by atoms with E-state index in [1.54, 1.807) is 13.2 Å². The van der Waals surface area contributed by atoms with E-state index < -0.39 is 5.82 Å². The second kappa shape index (κ2) is 4.87. The lowest BCUT2D eigenvalue weighted by molar-refractivity contribution is 0.144. The Morgan fingerprint density at radius 3 is 2.77 bits per heavy atom. The monoisotopic (exact) mass is 180 g/mol. The topological polar surface area (TPSA) is 18.5 Å². The summed E-state index contributed by atoms with van der Waals surface area (Å²) >= 11 is 0. The predicted octanol–water partition coefficient (Wildman–Crippen LogP) is 0.645. The number of halogens is 1. The molecule has 4 heteroatoms. The molecule has 2 nitrogen and oxygen atoms in total. The third kappa shape index (κ3) is 3.07. The molecule has 2 radical (unpaired) electrons. The Morgan fingerprint density at radius 2 is 2.15 bits per heavy atom. The van der Waals surface area contributed by atoms with Gasteiger partial charge in [-0.3, -0.25) is 0 Å². The fraction of sp³-hybridized carbons (Fsp3) is 0.333. The van der Waals surface area contributed by atoms with Gasteiger partial charge in [0.15, 0.2) is 11.6 Å². The number of ether oxygens (including phenoxy) is 2. The Bertz CT molecular complexity index is 278. The maximum atomic E-state index is 13.0. The van der Waals surface area contributed by atoms with Crippen molar-refractivity contribution >= 4 is 13.3 Å². The molecule has 1 aromatic rings. The summed E-state index contributed by atoms with van der Waals surface area (Å²) in [6.45, 7) is 0.765. The molecule has 0 aliphatic carbocycles. The van der Waals surface area contributed by atoms with E-state index >= 15 is 0 Å². The smallest absolute Gasteiger partial charge is 0.164 e. The molecule has 0 atom stereocenters. The molecule has 1 rings (SSSR count). The molecule has 0 saturated carbocycles. The Hall–Kier alpha value is -1.03. The van der Waals surface area contributed by atoms with Crippen LogP contribution in [0, 0.1) is 5.82 Å². The van der Waals surface area contributed by atoms with Crippen molar-refractivity contribution in [3.8, 4) is 5.75 Å². The Balaban J connectivity index is 2.56.